The quantitative estimate of drug-likeness (QED) is 0.681. The Hall–Kier alpha value is -1.08. The van der Waals surface area contributed by atoms with Gasteiger partial charge in [0, 0.05) is 6.54 Å². The van der Waals surface area contributed by atoms with E-state index in [0.29, 0.717) is 6.54 Å². The largest absolute Gasteiger partial charge is 0.326 e. The number of rotatable bonds is 2. The zero-order valence-corrected chi connectivity index (χ0v) is 6.80. The highest BCUT2D eigenvalue weighted by molar-refractivity contribution is 5.64. The van der Waals surface area contributed by atoms with Crippen LogP contribution in [0.2, 0.25) is 0 Å². The minimum absolute atomic E-state index is 0.586. The number of nitrogens with two attached hydrogens (primary N) is 1. The lowest BCUT2D eigenvalue weighted by Gasteiger charge is -2.05. The van der Waals surface area contributed by atoms with E-state index in [0.717, 1.165) is 5.57 Å². The van der Waals surface area contributed by atoms with Crippen LogP contribution in [-0.2, 0) is 6.54 Å². The van der Waals surface area contributed by atoms with E-state index in [1.807, 2.05) is 31.2 Å². The van der Waals surface area contributed by atoms with Crippen LogP contribution < -0.4 is 5.73 Å². The lowest BCUT2D eigenvalue weighted by atomic mass is 10.0. The van der Waals surface area contributed by atoms with Crippen LogP contribution in [0.1, 0.15) is 18.1 Å². The van der Waals surface area contributed by atoms with Gasteiger partial charge in [-0.25, -0.2) is 0 Å². The van der Waals surface area contributed by atoms with Crippen LogP contribution in [0.3, 0.4) is 0 Å². The first kappa shape index (κ1) is 8.02. The fourth-order valence-electron chi connectivity index (χ4n) is 1.11. The predicted octanol–water partition coefficient (Wildman–Crippen LogP) is 2.18. The summed E-state index contributed by atoms with van der Waals surface area (Å²) in [4.78, 5) is 0. The summed E-state index contributed by atoms with van der Waals surface area (Å²) in [5.74, 6) is 0. The van der Waals surface area contributed by atoms with Gasteiger partial charge in [-0.1, -0.05) is 36.4 Å². The second-order valence-corrected chi connectivity index (χ2v) is 2.64. The van der Waals surface area contributed by atoms with Crippen LogP contribution in [0.5, 0.6) is 0 Å². The van der Waals surface area contributed by atoms with Gasteiger partial charge in [-0.15, -0.1) is 0 Å². The Morgan fingerprint density at radius 1 is 1.45 bits per heavy atom. The lowest BCUT2D eigenvalue weighted by Crippen LogP contribution is -1.99. The van der Waals surface area contributed by atoms with Crippen molar-refractivity contribution in [2.75, 3.05) is 0 Å². The third kappa shape index (κ3) is 1.69. The minimum Gasteiger partial charge on any atom is -0.326 e. The fourth-order valence-corrected chi connectivity index (χ4v) is 1.11. The normalized spacial score (nSPS) is 9.64. The maximum atomic E-state index is 5.55. The molecule has 0 atom stereocenters. The highest BCUT2D eigenvalue weighted by Crippen LogP contribution is 2.15. The molecule has 0 saturated carbocycles. The van der Waals surface area contributed by atoms with E-state index >= 15 is 0 Å². The SMILES string of the molecule is C=C(C)c1ccccc1CN. The van der Waals surface area contributed by atoms with Crippen molar-refractivity contribution in [3.8, 4) is 0 Å². The monoisotopic (exact) mass is 147 g/mol. The standard InChI is InChI=1S/C10H13N/c1-8(2)10-6-4-3-5-9(10)7-11/h3-6H,1,7,11H2,2H3. The molecule has 0 radical (unpaired) electrons. The molecule has 1 aromatic rings. The van der Waals surface area contributed by atoms with Gasteiger partial charge < -0.3 is 5.73 Å². The van der Waals surface area contributed by atoms with Gasteiger partial charge in [-0.3, -0.25) is 0 Å². The molecule has 0 fully saturated rings. The fraction of sp³-hybridized carbons (Fsp3) is 0.200. The van der Waals surface area contributed by atoms with Gasteiger partial charge in [-0.2, -0.15) is 0 Å². The molecule has 0 spiro atoms. The van der Waals surface area contributed by atoms with Crippen LogP contribution in [0.4, 0.5) is 0 Å². The van der Waals surface area contributed by atoms with Crippen molar-refractivity contribution >= 4 is 5.57 Å². The summed E-state index contributed by atoms with van der Waals surface area (Å²) in [5, 5.41) is 0. The number of benzene rings is 1. The Kier molecular flexibility index (Phi) is 2.44. The molecule has 1 heteroatoms. The molecule has 0 aliphatic carbocycles. The molecule has 0 aliphatic heterocycles. The first-order valence-corrected chi connectivity index (χ1v) is 3.69. The smallest absolute Gasteiger partial charge is 0.0184 e. The molecule has 0 saturated heterocycles. The van der Waals surface area contributed by atoms with E-state index in [-0.39, 0.29) is 0 Å². The van der Waals surface area contributed by atoms with Crippen molar-refractivity contribution < 1.29 is 0 Å². The van der Waals surface area contributed by atoms with Crippen LogP contribution >= 0.6 is 0 Å². The molecule has 1 nitrogen and oxygen atoms in total. The summed E-state index contributed by atoms with van der Waals surface area (Å²) < 4.78 is 0. The molecule has 0 aromatic heterocycles. The van der Waals surface area contributed by atoms with Gasteiger partial charge in [0.25, 0.3) is 0 Å². The van der Waals surface area contributed by atoms with Gasteiger partial charge in [0.15, 0.2) is 0 Å². The summed E-state index contributed by atoms with van der Waals surface area (Å²) in [6.45, 7) is 6.46. The molecule has 0 heterocycles. The molecule has 0 amide bonds. The first-order chi connectivity index (χ1) is 5.25. The molecule has 58 valence electrons. The molecule has 11 heavy (non-hydrogen) atoms. The second kappa shape index (κ2) is 3.35. The van der Waals surface area contributed by atoms with Crippen LogP contribution in [-0.4, -0.2) is 0 Å². The molecule has 0 aliphatic rings. The maximum absolute atomic E-state index is 5.55. The topological polar surface area (TPSA) is 26.0 Å². The summed E-state index contributed by atoms with van der Waals surface area (Å²) in [7, 11) is 0. The average molecular weight is 147 g/mol. The van der Waals surface area contributed by atoms with Crippen molar-refractivity contribution in [2.45, 2.75) is 13.5 Å². The minimum atomic E-state index is 0.586. The zero-order valence-electron chi connectivity index (χ0n) is 6.80. The van der Waals surface area contributed by atoms with E-state index in [4.69, 9.17) is 5.73 Å². The van der Waals surface area contributed by atoms with Gasteiger partial charge in [-0.05, 0) is 18.1 Å². The van der Waals surface area contributed by atoms with Crippen molar-refractivity contribution in [2.24, 2.45) is 5.73 Å². The predicted molar refractivity (Wildman–Crippen MR) is 49.0 cm³/mol. The average Bonchev–Trinajstić information content (AvgIpc) is 2.04. The van der Waals surface area contributed by atoms with Crippen LogP contribution in [0.25, 0.3) is 5.57 Å². The first-order valence-electron chi connectivity index (χ1n) is 3.69. The molecule has 1 aromatic carbocycles. The zero-order chi connectivity index (χ0) is 8.27. The van der Waals surface area contributed by atoms with Crippen molar-refractivity contribution in [3.63, 3.8) is 0 Å². The third-order valence-electron chi connectivity index (χ3n) is 1.70. The Bertz CT molecular complexity index is 263. The summed E-state index contributed by atoms with van der Waals surface area (Å²) in [5.41, 5.74) is 8.96. The van der Waals surface area contributed by atoms with Crippen LogP contribution in [0.15, 0.2) is 30.8 Å². The van der Waals surface area contributed by atoms with E-state index < -0.39 is 0 Å². The van der Waals surface area contributed by atoms with Crippen molar-refractivity contribution in [1.29, 1.82) is 0 Å². The Labute approximate surface area is 67.5 Å². The molecule has 1 rings (SSSR count). The van der Waals surface area contributed by atoms with Gasteiger partial charge in [0.2, 0.25) is 0 Å². The summed E-state index contributed by atoms with van der Waals surface area (Å²) in [6, 6.07) is 8.08. The number of allylic oxidation sites excluding steroid dienone is 1. The molecular weight excluding hydrogens is 134 g/mol. The highest BCUT2D eigenvalue weighted by Gasteiger charge is 1.97. The molecule has 0 unspecified atom stereocenters. The lowest BCUT2D eigenvalue weighted by molar-refractivity contribution is 1.06. The Morgan fingerprint density at radius 2 is 2.09 bits per heavy atom. The van der Waals surface area contributed by atoms with E-state index in [2.05, 4.69) is 6.58 Å². The van der Waals surface area contributed by atoms with Crippen molar-refractivity contribution in [3.05, 3.63) is 42.0 Å². The summed E-state index contributed by atoms with van der Waals surface area (Å²) in [6.07, 6.45) is 0. The second-order valence-electron chi connectivity index (χ2n) is 2.64. The Balaban J connectivity index is 3.12. The Morgan fingerprint density at radius 3 is 2.55 bits per heavy atom. The van der Waals surface area contributed by atoms with E-state index in [1.54, 1.807) is 0 Å². The molecule has 0 bridgehead atoms. The van der Waals surface area contributed by atoms with Crippen LogP contribution in [0, 0.1) is 0 Å². The highest BCUT2D eigenvalue weighted by atomic mass is 14.5. The molecular formula is C10H13N. The van der Waals surface area contributed by atoms with Gasteiger partial charge >= 0.3 is 0 Å². The van der Waals surface area contributed by atoms with E-state index in [9.17, 15) is 0 Å². The summed E-state index contributed by atoms with van der Waals surface area (Å²) >= 11 is 0. The number of hydrogen-bond acceptors (Lipinski definition) is 1. The number of hydrogen-bond donors (Lipinski definition) is 1. The maximum Gasteiger partial charge on any atom is 0.0184 e. The van der Waals surface area contributed by atoms with Gasteiger partial charge in [0.05, 0.1) is 0 Å². The van der Waals surface area contributed by atoms with E-state index in [1.165, 1.54) is 11.1 Å². The van der Waals surface area contributed by atoms with Gasteiger partial charge in [0.1, 0.15) is 0 Å². The van der Waals surface area contributed by atoms with Crippen molar-refractivity contribution in [1.82, 2.24) is 0 Å². The third-order valence-corrected chi connectivity index (χ3v) is 1.70. The molecule has 2 N–H and O–H groups in total.